The number of nitrogens with one attached hydrogen (secondary N) is 2. The number of aryl methyl sites for hydroxylation is 1. The van der Waals surface area contributed by atoms with E-state index in [0.29, 0.717) is 0 Å². The molecule has 0 unspecified atom stereocenters. The SMILES string of the molecule is CNc1cc(C)ccc1C(=O)NCC1(SC)CCC1. The molecular formula is C15H22N2OS. The molecule has 0 atom stereocenters. The number of amides is 1. The van der Waals surface area contributed by atoms with Crippen molar-refractivity contribution in [3.05, 3.63) is 29.3 Å². The molecule has 19 heavy (non-hydrogen) atoms. The van der Waals surface area contributed by atoms with Gasteiger partial charge in [0.25, 0.3) is 5.91 Å². The molecule has 3 nitrogen and oxygen atoms in total. The molecule has 2 N–H and O–H groups in total. The standard InChI is InChI=1S/C15H22N2OS/c1-11-5-6-12(13(9-11)16-2)14(18)17-10-15(19-3)7-4-8-15/h5-6,9,16H,4,7-8,10H2,1-3H3,(H,17,18). The highest BCUT2D eigenvalue weighted by Crippen LogP contribution is 2.42. The molecule has 1 aliphatic rings. The zero-order chi connectivity index (χ0) is 13.9. The maximum absolute atomic E-state index is 12.3. The van der Waals surface area contributed by atoms with Gasteiger partial charge in [-0.05, 0) is 43.7 Å². The quantitative estimate of drug-likeness (QED) is 0.870. The Morgan fingerprint density at radius 3 is 2.68 bits per heavy atom. The predicted octanol–water partition coefficient (Wildman–Crippen LogP) is 3.05. The summed E-state index contributed by atoms with van der Waals surface area (Å²) < 4.78 is 0.278. The highest BCUT2D eigenvalue weighted by atomic mass is 32.2. The molecule has 4 heteroatoms. The molecule has 0 heterocycles. The number of carbonyl (C=O) groups is 1. The number of carbonyl (C=O) groups excluding carboxylic acids is 1. The molecule has 0 aliphatic heterocycles. The molecule has 0 bridgehead atoms. The smallest absolute Gasteiger partial charge is 0.253 e. The third-order valence-electron chi connectivity index (χ3n) is 3.96. The van der Waals surface area contributed by atoms with Gasteiger partial charge in [-0.2, -0.15) is 11.8 Å². The van der Waals surface area contributed by atoms with Crippen LogP contribution in [-0.2, 0) is 0 Å². The van der Waals surface area contributed by atoms with Crippen LogP contribution >= 0.6 is 11.8 Å². The van der Waals surface area contributed by atoms with Gasteiger partial charge in [0.15, 0.2) is 0 Å². The summed E-state index contributed by atoms with van der Waals surface area (Å²) in [6, 6.07) is 5.87. The summed E-state index contributed by atoms with van der Waals surface area (Å²) >= 11 is 1.88. The van der Waals surface area contributed by atoms with Crippen LogP contribution in [0.1, 0.15) is 35.2 Å². The van der Waals surface area contributed by atoms with Gasteiger partial charge >= 0.3 is 0 Å². The second-order valence-corrected chi connectivity index (χ2v) is 6.50. The molecule has 0 saturated heterocycles. The van der Waals surface area contributed by atoms with Crippen LogP contribution in [0.5, 0.6) is 0 Å². The summed E-state index contributed by atoms with van der Waals surface area (Å²) in [4.78, 5) is 12.3. The van der Waals surface area contributed by atoms with Crippen molar-refractivity contribution in [3.8, 4) is 0 Å². The number of anilines is 1. The minimum Gasteiger partial charge on any atom is -0.387 e. The Kier molecular flexibility index (Phi) is 4.40. The molecule has 1 fully saturated rings. The third-order valence-corrected chi connectivity index (χ3v) is 5.38. The van der Waals surface area contributed by atoms with Crippen LogP contribution in [0.4, 0.5) is 5.69 Å². The van der Waals surface area contributed by atoms with Gasteiger partial charge in [0.2, 0.25) is 0 Å². The summed E-state index contributed by atoms with van der Waals surface area (Å²) in [6.45, 7) is 2.80. The van der Waals surface area contributed by atoms with Crippen LogP contribution in [0.3, 0.4) is 0 Å². The highest BCUT2D eigenvalue weighted by molar-refractivity contribution is 8.00. The third kappa shape index (κ3) is 3.06. The first-order valence-electron chi connectivity index (χ1n) is 6.72. The molecule has 1 amide bonds. The second-order valence-electron chi connectivity index (χ2n) is 5.22. The van der Waals surface area contributed by atoms with Gasteiger partial charge in [-0.1, -0.05) is 12.5 Å². The normalized spacial score (nSPS) is 16.6. The number of hydrogen-bond acceptors (Lipinski definition) is 3. The van der Waals surface area contributed by atoms with Gasteiger partial charge in [-0.25, -0.2) is 0 Å². The van der Waals surface area contributed by atoms with Crippen LogP contribution in [0.25, 0.3) is 0 Å². The largest absolute Gasteiger partial charge is 0.387 e. The lowest BCUT2D eigenvalue weighted by Gasteiger charge is -2.40. The minimum absolute atomic E-state index is 0.0182. The molecule has 0 radical (unpaired) electrons. The summed E-state index contributed by atoms with van der Waals surface area (Å²) in [5, 5.41) is 6.18. The molecule has 0 aromatic heterocycles. The lowest BCUT2D eigenvalue weighted by Crippen LogP contribution is -2.45. The molecule has 1 saturated carbocycles. The first-order valence-corrected chi connectivity index (χ1v) is 7.94. The Balaban J connectivity index is 2.03. The second kappa shape index (κ2) is 5.87. The van der Waals surface area contributed by atoms with Gasteiger partial charge in [-0.3, -0.25) is 4.79 Å². The van der Waals surface area contributed by atoms with Crippen LogP contribution < -0.4 is 10.6 Å². The summed E-state index contributed by atoms with van der Waals surface area (Å²) in [7, 11) is 1.85. The maximum Gasteiger partial charge on any atom is 0.253 e. The van der Waals surface area contributed by atoms with E-state index in [2.05, 4.69) is 16.9 Å². The highest BCUT2D eigenvalue weighted by Gasteiger charge is 2.36. The van der Waals surface area contributed by atoms with Gasteiger partial charge in [-0.15, -0.1) is 0 Å². The summed E-state index contributed by atoms with van der Waals surface area (Å²) in [5.74, 6) is 0.0182. The first-order chi connectivity index (χ1) is 9.10. The lowest BCUT2D eigenvalue weighted by atomic mass is 9.84. The van der Waals surface area contributed by atoms with E-state index in [9.17, 15) is 4.79 Å². The van der Waals surface area contributed by atoms with E-state index in [1.165, 1.54) is 19.3 Å². The Hall–Kier alpha value is -1.16. The Labute approximate surface area is 119 Å². The van der Waals surface area contributed by atoms with E-state index in [-0.39, 0.29) is 10.7 Å². The van der Waals surface area contributed by atoms with E-state index in [1.54, 1.807) is 0 Å². The van der Waals surface area contributed by atoms with E-state index in [4.69, 9.17) is 0 Å². The number of hydrogen-bond donors (Lipinski definition) is 2. The molecule has 1 aromatic carbocycles. The van der Waals surface area contributed by atoms with E-state index >= 15 is 0 Å². The van der Waals surface area contributed by atoms with Crippen molar-refractivity contribution in [1.29, 1.82) is 0 Å². The molecule has 1 aliphatic carbocycles. The van der Waals surface area contributed by atoms with Crippen molar-refractivity contribution in [1.82, 2.24) is 5.32 Å². The predicted molar refractivity (Wildman–Crippen MR) is 83.2 cm³/mol. The molecule has 1 aromatic rings. The van der Waals surface area contributed by atoms with Crippen molar-refractivity contribution in [2.45, 2.75) is 30.9 Å². The zero-order valence-electron chi connectivity index (χ0n) is 11.9. The number of thioether (sulfide) groups is 1. The van der Waals surface area contributed by atoms with Crippen LogP contribution in [0.15, 0.2) is 18.2 Å². The van der Waals surface area contributed by atoms with Crippen LogP contribution in [-0.4, -0.2) is 30.5 Å². The van der Waals surface area contributed by atoms with Crippen molar-refractivity contribution >= 4 is 23.4 Å². The van der Waals surface area contributed by atoms with Gasteiger partial charge in [0.1, 0.15) is 0 Å². The fourth-order valence-corrected chi connectivity index (χ4v) is 3.34. The molecule has 2 rings (SSSR count). The molecule has 0 spiro atoms. The summed E-state index contributed by atoms with van der Waals surface area (Å²) in [6.07, 6.45) is 5.84. The summed E-state index contributed by atoms with van der Waals surface area (Å²) in [5.41, 5.74) is 2.77. The fourth-order valence-electron chi connectivity index (χ4n) is 2.42. The van der Waals surface area contributed by atoms with Crippen LogP contribution in [0, 0.1) is 6.92 Å². The number of rotatable bonds is 5. The van der Waals surface area contributed by atoms with Crippen LogP contribution in [0.2, 0.25) is 0 Å². The lowest BCUT2D eigenvalue weighted by molar-refractivity contribution is 0.0944. The fraction of sp³-hybridized carbons (Fsp3) is 0.533. The average molecular weight is 278 g/mol. The topological polar surface area (TPSA) is 41.1 Å². The van der Waals surface area contributed by atoms with Crippen molar-refractivity contribution in [2.24, 2.45) is 0 Å². The van der Waals surface area contributed by atoms with Crippen molar-refractivity contribution in [2.75, 3.05) is 25.2 Å². The molecule has 104 valence electrons. The monoisotopic (exact) mass is 278 g/mol. The Bertz CT molecular complexity index is 464. The number of benzene rings is 1. The van der Waals surface area contributed by atoms with E-state index in [0.717, 1.165) is 23.4 Å². The molecular weight excluding hydrogens is 256 g/mol. The Morgan fingerprint density at radius 2 is 2.16 bits per heavy atom. The first kappa shape index (κ1) is 14.3. The van der Waals surface area contributed by atoms with E-state index < -0.39 is 0 Å². The zero-order valence-corrected chi connectivity index (χ0v) is 12.7. The van der Waals surface area contributed by atoms with Crippen molar-refractivity contribution < 1.29 is 4.79 Å². The average Bonchev–Trinajstić information content (AvgIpc) is 2.37. The Morgan fingerprint density at radius 1 is 1.42 bits per heavy atom. The van der Waals surface area contributed by atoms with Gasteiger partial charge < -0.3 is 10.6 Å². The van der Waals surface area contributed by atoms with E-state index in [1.807, 2.05) is 43.9 Å². The van der Waals surface area contributed by atoms with Crippen molar-refractivity contribution in [3.63, 3.8) is 0 Å². The van der Waals surface area contributed by atoms with Gasteiger partial charge in [0, 0.05) is 24.0 Å². The minimum atomic E-state index is 0.0182. The van der Waals surface area contributed by atoms with Gasteiger partial charge in [0.05, 0.1) is 5.56 Å². The maximum atomic E-state index is 12.3.